The fraction of sp³-hybridized carbons (Fsp3) is 0.0500. The van der Waals surface area contributed by atoms with E-state index in [2.05, 4.69) is 4.98 Å². The fourth-order valence-electron chi connectivity index (χ4n) is 2.74. The number of nitrogens with zero attached hydrogens (tertiary/aromatic N) is 2. The summed E-state index contributed by atoms with van der Waals surface area (Å²) in [5.74, 6) is -0.465. The van der Waals surface area contributed by atoms with E-state index in [1.807, 2.05) is 60.7 Å². The normalized spacial score (nSPS) is 10.4. The number of aromatic nitrogens is 1. The molecule has 0 saturated carbocycles. The number of pyridine rings is 1. The lowest BCUT2D eigenvalue weighted by Gasteiger charge is -2.29. The van der Waals surface area contributed by atoms with Crippen molar-refractivity contribution < 1.29 is 9.59 Å². The molecule has 3 aromatic rings. The van der Waals surface area contributed by atoms with Crippen LogP contribution in [0.2, 0.25) is 0 Å². The molecule has 3 amide bonds. The van der Waals surface area contributed by atoms with Crippen LogP contribution in [0, 0.1) is 0 Å². The molecular weight excluding hydrogens is 314 g/mol. The molecule has 25 heavy (non-hydrogen) atoms. The second-order valence-corrected chi connectivity index (χ2v) is 5.47. The van der Waals surface area contributed by atoms with Crippen molar-refractivity contribution in [2.75, 3.05) is 0 Å². The molecular formula is C20H17N3O2. The van der Waals surface area contributed by atoms with Gasteiger partial charge in [0, 0.05) is 18.0 Å². The van der Waals surface area contributed by atoms with Gasteiger partial charge in [-0.3, -0.25) is 9.78 Å². The van der Waals surface area contributed by atoms with Crippen molar-refractivity contribution in [1.29, 1.82) is 0 Å². The fourth-order valence-corrected chi connectivity index (χ4v) is 2.74. The minimum Gasteiger partial charge on any atom is -0.351 e. The Labute approximate surface area is 145 Å². The van der Waals surface area contributed by atoms with Crippen LogP contribution in [0.1, 0.15) is 27.5 Å². The van der Waals surface area contributed by atoms with E-state index in [0.29, 0.717) is 5.56 Å². The van der Waals surface area contributed by atoms with Gasteiger partial charge >= 0.3 is 6.03 Å². The van der Waals surface area contributed by atoms with Gasteiger partial charge in [0.05, 0.1) is 6.04 Å². The van der Waals surface area contributed by atoms with Crippen molar-refractivity contribution in [3.8, 4) is 0 Å². The van der Waals surface area contributed by atoms with Crippen molar-refractivity contribution >= 4 is 11.9 Å². The van der Waals surface area contributed by atoms with E-state index in [0.717, 1.165) is 16.0 Å². The average Bonchev–Trinajstić information content (AvgIpc) is 2.67. The Hall–Kier alpha value is -3.47. The summed E-state index contributed by atoms with van der Waals surface area (Å²) < 4.78 is 0. The number of nitrogens with two attached hydrogens (primary N) is 1. The molecule has 0 saturated heterocycles. The van der Waals surface area contributed by atoms with E-state index >= 15 is 0 Å². The zero-order valence-electron chi connectivity index (χ0n) is 13.4. The van der Waals surface area contributed by atoms with Crippen LogP contribution in [0.15, 0.2) is 85.2 Å². The van der Waals surface area contributed by atoms with Gasteiger partial charge < -0.3 is 5.73 Å². The minimum absolute atomic E-state index is 0.352. The van der Waals surface area contributed by atoms with Crippen molar-refractivity contribution in [3.05, 3.63) is 102 Å². The molecule has 124 valence electrons. The first-order valence-electron chi connectivity index (χ1n) is 7.81. The lowest BCUT2D eigenvalue weighted by Crippen LogP contribution is -2.43. The second-order valence-electron chi connectivity index (χ2n) is 5.47. The summed E-state index contributed by atoms with van der Waals surface area (Å²) in [5.41, 5.74) is 7.56. The van der Waals surface area contributed by atoms with Gasteiger partial charge in [0.15, 0.2) is 0 Å². The highest BCUT2D eigenvalue weighted by atomic mass is 16.2. The zero-order valence-corrected chi connectivity index (χ0v) is 13.4. The third-order valence-electron chi connectivity index (χ3n) is 3.87. The first-order valence-corrected chi connectivity index (χ1v) is 7.81. The Balaban J connectivity index is 2.12. The summed E-state index contributed by atoms with van der Waals surface area (Å²) in [6.07, 6.45) is 3.01. The zero-order chi connectivity index (χ0) is 17.6. The van der Waals surface area contributed by atoms with Gasteiger partial charge in [-0.25, -0.2) is 9.69 Å². The van der Waals surface area contributed by atoms with Gasteiger partial charge in [-0.2, -0.15) is 0 Å². The van der Waals surface area contributed by atoms with Crippen LogP contribution in [-0.2, 0) is 0 Å². The van der Waals surface area contributed by atoms with Crippen LogP contribution in [0.4, 0.5) is 4.79 Å². The van der Waals surface area contributed by atoms with Crippen LogP contribution in [0.5, 0.6) is 0 Å². The highest BCUT2D eigenvalue weighted by Crippen LogP contribution is 2.29. The number of primary amides is 1. The number of amides is 3. The molecule has 0 atom stereocenters. The number of imide groups is 1. The average molecular weight is 331 g/mol. The molecule has 0 radical (unpaired) electrons. The molecule has 0 fully saturated rings. The van der Waals surface area contributed by atoms with Gasteiger partial charge in [0.1, 0.15) is 0 Å². The number of rotatable bonds is 4. The largest absolute Gasteiger partial charge is 0.351 e. The maximum atomic E-state index is 13.0. The number of carbonyl (C=O) groups excluding carboxylic acids is 2. The third-order valence-corrected chi connectivity index (χ3v) is 3.87. The van der Waals surface area contributed by atoms with Crippen LogP contribution in [-0.4, -0.2) is 21.8 Å². The first-order chi connectivity index (χ1) is 12.2. The Bertz CT molecular complexity index is 812. The predicted octanol–water partition coefficient (Wildman–Crippen LogP) is 3.39. The van der Waals surface area contributed by atoms with E-state index < -0.39 is 18.0 Å². The highest BCUT2D eigenvalue weighted by molar-refractivity contribution is 6.04. The number of carbonyl (C=O) groups is 2. The van der Waals surface area contributed by atoms with Crippen LogP contribution >= 0.6 is 0 Å². The number of urea groups is 1. The van der Waals surface area contributed by atoms with Crippen LogP contribution < -0.4 is 5.73 Å². The molecule has 0 spiro atoms. The van der Waals surface area contributed by atoms with Gasteiger partial charge in [0.25, 0.3) is 5.91 Å². The molecule has 1 heterocycles. The second kappa shape index (κ2) is 7.40. The van der Waals surface area contributed by atoms with Crippen LogP contribution in [0.25, 0.3) is 0 Å². The van der Waals surface area contributed by atoms with Gasteiger partial charge in [-0.1, -0.05) is 60.7 Å². The first kappa shape index (κ1) is 16.4. The third kappa shape index (κ3) is 3.55. The van der Waals surface area contributed by atoms with E-state index in [1.54, 1.807) is 12.1 Å². The lowest BCUT2D eigenvalue weighted by molar-refractivity contribution is 0.0771. The van der Waals surface area contributed by atoms with Crippen molar-refractivity contribution in [3.63, 3.8) is 0 Å². The monoisotopic (exact) mass is 331 g/mol. The van der Waals surface area contributed by atoms with Crippen molar-refractivity contribution in [1.82, 2.24) is 9.88 Å². The molecule has 0 aliphatic heterocycles. The van der Waals surface area contributed by atoms with E-state index in [-0.39, 0.29) is 0 Å². The summed E-state index contributed by atoms with van der Waals surface area (Å²) in [6.45, 7) is 0. The molecule has 0 bridgehead atoms. The summed E-state index contributed by atoms with van der Waals surface area (Å²) in [4.78, 5) is 30.2. The minimum atomic E-state index is -0.806. The quantitative estimate of drug-likeness (QED) is 0.796. The topological polar surface area (TPSA) is 76.3 Å². The Morgan fingerprint density at radius 3 is 1.72 bits per heavy atom. The van der Waals surface area contributed by atoms with E-state index in [1.165, 1.54) is 12.4 Å². The van der Waals surface area contributed by atoms with Gasteiger partial charge in [-0.15, -0.1) is 0 Å². The molecule has 2 N–H and O–H groups in total. The molecule has 3 rings (SSSR count). The molecule has 0 aliphatic carbocycles. The molecule has 5 heteroatoms. The smallest absolute Gasteiger partial charge is 0.322 e. The lowest BCUT2D eigenvalue weighted by atomic mass is 9.96. The molecule has 2 aromatic carbocycles. The van der Waals surface area contributed by atoms with Gasteiger partial charge in [-0.05, 0) is 23.3 Å². The summed E-state index contributed by atoms with van der Waals surface area (Å²) >= 11 is 0. The summed E-state index contributed by atoms with van der Waals surface area (Å²) in [5, 5.41) is 0. The van der Waals surface area contributed by atoms with E-state index in [9.17, 15) is 9.59 Å². The molecule has 1 aromatic heterocycles. The predicted molar refractivity (Wildman–Crippen MR) is 94.7 cm³/mol. The number of benzene rings is 2. The van der Waals surface area contributed by atoms with Crippen LogP contribution in [0.3, 0.4) is 0 Å². The number of hydrogen-bond donors (Lipinski definition) is 1. The molecule has 5 nitrogen and oxygen atoms in total. The van der Waals surface area contributed by atoms with Gasteiger partial charge in [0.2, 0.25) is 0 Å². The Morgan fingerprint density at radius 1 is 0.800 bits per heavy atom. The SMILES string of the molecule is NC(=O)N(C(=O)c1ccncc1)C(c1ccccc1)c1ccccc1. The summed E-state index contributed by atoms with van der Waals surface area (Å²) in [6, 6.07) is 20.4. The standard InChI is InChI=1S/C20H17N3O2/c21-20(25)23(19(24)17-11-13-22-14-12-17)18(15-7-3-1-4-8-15)16-9-5-2-6-10-16/h1-14,18H,(H2,21,25). The van der Waals surface area contributed by atoms with Crippen molar-refractivity contribution in [2.45, 2.75) is 6.04 Å². The maximum absolute atomic E-state index is 13.0. The highest BCUT2D eigenvalue weighted by Gasteiger charge is 2.31. The maximum Gasteiger partial charge on any atom is 0.322 e. The van der Waals surface area contributed by atoms with Crippen molar-refractivity contribution in [2.24, 2.45) is 5.73 Å². The van der Waals surface area contributed by atoms with E-state index in [4.69, 9.17) is 5.73 Å². The molecule has 0 aliphatic rings. The Kier molecular flexibility index (Phi) is 4.85. The Morgan fingerprint density at radius 2 is 1.28 bits per heavy atom. The molecule has 0 unspecified atom stereocenters. The summed E-state index contributed by atoms with van der Waals surface area (Å²) in [7, 11) is 0. The number of hydrogen-bond acceptors (Lipinski definition) is 3.